The Morgan fingerprint density at radius 3 is 2.43 bits per heavy atom. The average molecular weight is 449 g/mol. The van der Waals surface area contributed by atoms with Crippen molar-refractivity contribution in [1.82, 2.24) is 9.80 Å². The molecular formula is C22H29BrN2O3. The van der Waals surface area contributed by atoms with Crippen molar-refractivity contribution in [3.63, 3.8) is 0 Å². The maximum absolute atomic E-state index is 13.3. The van der Waals surface area contributed by atoms with Gasteiger partial charge in [-0.3, -0.25) is 9.59 Å². The van der Waals surface area contributed by atoms with Crippen LogP contribution < -0.4 is 0 Å². The SMILES string of the molecule is O=C(C1CCCN1C(=O)C1CCCCC1)N1CCOC(c2ccc(Br)cc2)C1. The van der Waals surface area contributed by atoms with E-state index in [4.69, 9.17) is 4.74 Å². The van der Waals surface area contributed by atoms with Crippen molar-refractivity contribution in [2.45, 2.75) is 57.1 Å². The Bertz CT molecular complexity index is 702. The third-order valence-corrected chi connectivity index (χ3v) is 6.92. The van der Waals surface area contributed by atoms with Crippen LogP contribution in [0.25, 0.3) is 0 Å². The summed E-state index contributed by atoms with van der Waals surface area (Å²) in [6.07, 6.45) is 7.10. The lowest BCUT2D eigenvalue weighted by Gasteiger charge is -2.37. The van der Waals surface area contributed by atoms with Crippen LogP contribution >= 0.6 is 15.9 Å². The molecule has 1 aromatic rings. The van der Waals surface area contributed by atoms with Crippen LogP contribution in [0.3, 0.4) is 0 Å². The van der Waals surface area contributed by atoms with Gasteiger partial charge in [-0.05, 0) is 43.4 Å². The number of halogens is 1. The predicted octanol–water partition coefficient (Wildman–Crippen LogP) is 3.92. The highest BCUT2D eigenvalue weighted by molar-refractivity contribution is 9.10. The summed E-state index contributed by atoms with van der Waals surface area (Å²) in [6.45, 7) is 2.43. The van der Waals surface area contributed by atoms with E-state index in [0.29, 0.717) is 19.7 Å². The van der Waals surface area contributed by atoms with Gasteiger partial charge in [0, 0.05) is 23.5 Å². The maximum Gasteiger partial charge on any atom is 0.245 e. The molecule has 1 aliphatic carbocycles. The summed E-state index contributed by atoms with van der Waals surface area (Å²) in [5.41, 5.74) is 1.09. The van der Waals surface area contributed by atoms with Crippen LogP contribution in [-0.2, 0) is 14.3 Å². The fourth-order valence-electron chi connectivity index (χ4n) is 4.81. The molecule has 2 aliphatic heterocycles. The van der Waals surface area contributed by atoms with Crippen LogP contribution in [0.1, 0.15) is 56.6 Å². The molecule has 28 heavy (non-hydrogen) atoms. The lowest BCUT2D eigenvalue weighted by molar-refractivity contribution is -0.150. The van der Waals surface area contributed by atoms with Crippen LogP contribution in [0.4, 0.5) is 0 Å². The van der Waals surface area contributed by atoms with Crippen LogP contribution in [0.15, 0.2) is 28.7 Å². The molecule has 0 aromatic heterocycles. The van der Waals surface area contributed by atoms with Crippen LogP contribution in [-0.4, -0.2) is 53.9 Å². The minimum Gasteiger partial charge on any atom is -0.370 e. The van der Waals surface area contributed by atoms with E-state index in [1.165, 1.54) is 6.42 Å². The van der Waals surface area contributed by atoms with Gasteiger partial charge < -0.3 is 14.5 Å². The lowest BCUT2D eigenvalue weighted by Crippen LogP contribution is -2.52. The second-order valence-corrected chi connectivity index (χ2v) is 9.14. The van der Waals surface area contributed by atoms with Gasteiger partial charge in [0.2, 0.25) is 11.8 Å². The van der Waals surface area contributed by atoms with E-state index in [1.807, 2.05) is 34.1 Å². The number of likely N-dealkylation sites (tertiary alicyclic amines) is 1. The average Bonchev–Trinajstić information content (AvgIpc) is 3.24. The molecule has 3 fully saturated rings. The van der Waals surface area contributed by atoms with Gasteiger partial charge in [-0.2, -0.15) is 0 Å². The largest absolute Gasteiger partial charge is 0.370 e. The molecule has 2 atom stereocenters. The van der Waals surface area contributed by atoms with E-state index in [2.05, 4.69) is 15.9 Å². The molecule has 0 spiro atoms. The van der Waals surface area contributed by atoms with Crippen LogP contribution in [0.5, 0.6) is 0 Å². The second kappa shape index (κ2) is 8.95. The Labute approximate surface area is 175 Å². The molecule has 2 unspecified atom stereocenters. The van der Waals surface area contributed by atoms with Gasteiger partial charge in [0.15, 0.2) is 0 Å². The van der Waals surface area contributed by atoms with Crippen molar-refractivity contribution in [1.29, 1.82) is 0 Å². The molecule has 0 bridgehead atoms. The third-order valence-electron chi connectivity index (χ3n) is 6.40. The van der Waals surface area contributed by atoms with E-state index in [0.717, 1.165) is 55.1 Å². The third kappa shape index (κ3) is 4.28. The molecule has 0 radical (unpaired) electrons. The molecule has 2 heterocycles. The summed E-state index contributed by atoms with van der Waals surface area (Å²) < 4.78 is 6.96. The van der Waals surface area contributed by atoms with E-state index in [9.17, 15) is 9.59 Å². The predicted molar refractivity (Wildman–Crippen MR) is 111 cm³/mol. The quantitative estimate of drug-likeness (QED) is 0.703. The van der Waals surface area contributed by atoms with Gasteiger partial charge in [-0.15, -0.1) is 0 Å². The Morgan fingerprint density at radius 2 is 1.68 bits per heavy atom. The summed E-state index contributed by atoms with van der Waals surface area (Å²) in [4.78, 5) is 30.1. The number of carbonyl (C=O) groups excluding carboxylic acids is 2. The van der Waals surface area contributed by atoms with Gasteiger partial charge in [0.1, 0.15) is 12.1 Å². The minimum atomic E-state index is -0.280. The van der Waals surface area contributed by atoms with Crippen molar-refractivity contribution in [3.8, 4) is 0 Å². The molecule has 5 nitrogen and oxygen atoms in total. The minimum absolute atomic E-state index is 0.102. The Kier molecular flexibility index (Phi) is 6.36. The molecular weight excluding hydrogens is 420 g/mol. The standard InChI is InChI=1S/C22H29BrN2O3/c23-18-10-8-16(9-11-18)20-15-24(13-14-28-20)22(27)19-7-4-12-25(19)21(26)17-5-2-1-3-6-17/h8-11,17,19-20H,1-7,12-15H2. The van der Waals surface area contributed by atoms with E-state index < -0.39 is 0 Å². The Balaban J connectivity index is 1.42. The number of morpholine rings is 1. The van der Waals surface area contributed by atoms with E-state index in [1.54, 1.807) is 0 Å². The van der Waals surface area contributed by atoms with Crippen molar-refractivity contribution in [2.75, 3.05) is 26.2 Å². The zero-order valence-corrected chi connectivity index (χ0v) is 17.9. The zero-order valence-electron chi connectivity index (χ0n) is 16.3. The summed E-state index contributed by atoms with van der Waals surface area (Å²) in [7, 11) is 0. The molecule has 1 aromatic carbocycles. The van der Waals surface area contributed by atoms with Gasteiger partial charge in [0.05, 0.1) is 13.2 Å². The first-order valence-electron chi connectivity index (χ1n) is 10.6. The number of benzene rings is 1. The molecule has 6 heteroatoms. The van der Waals surface area contributed by atoms with Gasteiger partial charge in [-0.25, -0.2) is 0 Å². The van der Waals surface area contributed by atoms with Crippen molar-refractivity contribution < 1.29 is 14.3 Å². The molecule has 152 valence electrons. The maximum atomic E-state index is 13.3. The highest BCUT2D eigenvalue weighted by atomic mass is 79.9. The van der Waals surface area contributed by atoms with Crippen molar-refractivity contribution in [2.24, 2.45) is 5.92 Å². The number of amides is 2. The van der Waals surface area contributed by atoms with Gasteiger partial charge in [-0.1, -0.05) is 47.3 Å². The molecule has 4 rings (SSSR count). The normalized spacial score (nSPS) is 26.5. The highest BCUT2D eigenvalue weighted by Crippen LogP contribution is 2.30. The number of carbonyl (C=O) groups is 2. The molecule has 2 amide bonds. The number of ether oxygens (including phenoxy) is 1. The highest BCUT2D eigenvalue weighted by Gasteiger charge is 2.40. The van der Waals surface area contributed by atoms with Crippen LogP contribution in [0, 0.1) is 5.92 Å². The number of hydrogen-bond donors (Lipinski definition) is 0. The smallest absolute Gasteiger partial charge is 0.245 e. The van der Waals surface area contributed by atoms with Crippen molar-refractivity contribution in [3.05, 3.63) is 34.3 Å². The van der Waals surface area contributed by atoms with Crippen LogP contribution in [0.2, 0.25) is 0 Å². The number of rotatable bonds is 3. The first-order chi connectivity index (χ1) is 13.6. The lowest BCUT2D eigenvalue weighted by atomic mass is 9.88. The summed E-state index contributed by atoms with van der Waals surface area (Å²) in [5.74, 6) is 0.447. The fraction of sp³-hybridized carbons (Fsp3) is 0.636. The second-order valence-electron chi connectivity index (χ2n) is 8.22. The fourth-order valence-corrected chi connectivity index (χ4v) is 5.07. The monoisotopic (exact) mass is 448 g/mol. The first-order valence-corrected chi connectivity index (χ1v) is 11.4. The summed E-state index contributed by atoms with van der Waals surface area (Å²) >= 11 is 3.46. The molecule has 2 saturated heterocycles. The summed E-state index contributed by atoms with van der Waals surface area (Å²) in [5, 5.41) is 0. The molecule has 0 N–H and O–H groups in total. The van der Waals surface area contributed by atoms with E-state index in [-0.39, 0.29) is 29.9 Å². The van der Waals surface area contributed by atoms with Crippen molar-refractivity contribution >= 4 is 27.7 Å². The Morgan fingerprint density at radius 1 is 0.929 bits per heavy atom. The Hall–Kier alpha value is -1.40. The molecule has 3 aliphatic rings. The summed E-state index contributed by atoms with van der Waals surface area (Å²) in [6, 6.07) is 7.80. The van der Waals surface area contributed by atoms with Gasteiger partial charge >= 0.3 is 0 Å². The molecule has 1 saturated carbocycles. The number of hydrogen-bond acceptors (Lipinski definition) is 3. The topological polar surface area (TPSA) is 49.9 Å². The zero-order chi connectivity index (χ0) is 19.5. The van der Waals surface area contributed by atoms with Gasteiger partial charge in [0.25, 0.3) is 0 Å². The van der Waals surface area contributed by atoms with E-state index >= 15 is 0 Å². The first kappa shape index (κ1) is 19.9. The number of nitrogens with zero attached hydrogens (tertiary/aromatic N) is 2.